The summed E-state index contributed by atoms with van der Waals surface area (Å²) in [6.45, 7) is 4.08. The Balaban J connectivity index is 1.88. The van der Waals surface area contributed by atoms with E-state index in [0.717, 1.165) is 39.0 Å². The molecule has 1 amide bonds. The number of carbonyl (C=O) groups excluding carboxylic acids is 1. The lowest BCUT2D eigenvalue weighted by Gasteiger charge is -2.21. The minimum atomic E-state index is 0.00288. The molecule has 2 heterocycles. The highest BCUT2D eigenvalue weighted by Crippen LogP contribution is 2.44. The van der Waals surface area contributed by atoms with Gasteiger partial charge in [0.2, 0.25) is 0 Å². The number of fused-ring (bicyclic) bond motifs is 2. The fourth-order valence-corrected chi connectivity index (χ4v) is 4.34. The van der Waals surface area contributed by atoms with Gasteiger partial charge in [0.15, 0.2) is 0 Å². The number of para-hydroxylation sites is 3. The van der Waals surface area contributed by atoms with Crippen molar-refractivity contribution in [2.24, 2.45) is 0 Å². The molecule has 30 heavy (non-hydrogen) atoms. The highest BCUT2D eigenvalue weighted by atomic mass is 16.2. The molecule has 3 aromatic carbocycles. The van der Waals surface area contributed by atoms with Gasteiger partial charge in [-0.2, -0.15) is 0 Å². The molecule has 0 fully saturated rings. The summed E-state index contributed by atoms with van der Waals surface area (Å²) in [7, 11) is 0. The van der Waals surface area contributed by atoms with Crippen LogP contribution in [0.5, 0.6) is 0 Å². The van der Waals surface area contributed by atoms with E-state index in [1.54, 1.807) is 0 Å². The van der Waals surface area contributed by atoms with Crippen LogP contribution in [-0.2, 0) is 4.79 Å². The maximum atomic E-state index is 13.7. The SMILES string of the molecule is CC(C)N1C(=O)/C(=C(\c2cc3ccccc3[nH]2)c2ccccc2N)c2ccccc21. The predicted octanol–water partition coefficient (Wildman–Crippen LogP) is 5.46. The topological polar surface area (TPSA) is 62.1 Å². The Morgan fingerprint density at radius 3 is 2.40 bits per heavy atom. The maximum Gasteiger partial charge on any atom is 0.259 e. The third-order valence-electron chi connectivity index (χ3n) is 5.66. The van der Waals surface area contributed by atoms with E-state index < -0.39 is 0 Å². The number of benzene rings is 3. The molecule has 0 bridgehead atoms. The largest absolute Gasteiger partial charge is 0.398 e. The van der Waals surface area contributed by atoms with Crippen molar-refractivity contribution in [2.75, 3.05) is 10.6 Å². The van der Waals surface area contributed by atoms with Gasteiger partial charge in [0.25, 0.3) is 5.91 Å². The summed E-state index contributed by atoms with van der Waals surface area (Å²) in [5, 5.41) is 1.10. The number of nitrogens with one attached hydrogen (secondary N) is 1. The smallest absolute Gasteiger partial charge is 0.259 e. The molecule has 1 aromatic heterocycles. The van der Waals surface area contributed by atoms with Gasteiger partial charge in [-0.3, -0.25) is 4.79 Å². The molecular formula is C26H23N3O. The number of nitrogens with zero attached hydrogens (tertiary/aromatic N) is 1. The van der Waals surface area contributed by atoms with Crippen LogP contribution in [-0.4, -0.2) is 16.9 Å². The van der Waals surface area contributed by atoms with Crippen molar-refractivity contribution < 1.29 is 4.79 Å². The Labute approximate surface area is 175 Å². The first-order valence-corrected chi connectivity index (χ1v) is 10.2. The van der Waals surface area contributed by atoms with Crippen molar-refractivity contribution in [3.63, 3.8) is 0 Å². The monoisotopic (exact) mass is 393 g/mol. The summed E-state index contributed by atoms with van der Waals surface area (Å²) in [5.41, 5.74) is 13.2. The van der Waals surface area contributed by atoms with Crippen LogP contribution >= 0.6 is 0 Å². The van der Waals surface area contributed by atoms with E-state index in [4.69, 9.17) is 5.73 Å². The van der Waals surface area contributed by atoms with Crippen LogP contribution < -0.4 is 10.6 Å². The summed E-state index contributed by atoms with van der Waals surface area (Å²) in [6, 6.07) is 26.0. The molecule has 4 nitrogen and oxygen atoms in total. The van der Waals surface area contributed by atoms with E-state index in [0.29, 0.717) is 11.3 Å². The molecule has 0 radical (unpaired) electrons. The van der Waals surface area contributed by atoms with E-state index in [1.807, 2.05) is 85.5 Å². The zero-order valence-electron chi connectivity index (χ0n) is 17.0. The summed E-state index contributed by atoms with van der Waals surface area (Å²) in [5.74, 6) is 0.00288. The first-order chi connectivity index (χ1) is 14.6. The van der Waals surface area contributed by atoms with Crippen molar-refractivity contribution in [1.82, 2.24) is 4.98 Å². The van der Waals surface area contributed by atoms with Crippen LogP contribution in [0, 0.1) is 0 Å². The summed E-state index contributed by atoms with van der Waals surface area (Å²) < 4.78 is 0. The Kier molecular flexibility index (Phi) is 4.21. The van der Waals surface area contributed by atoms with Crippen LogP contribution in [0.15, 0.2) is 78.9 Å². The lowest BCUT2D eigenvalue weighted by atomic mass is 9.92. The molecule has 0 saturated carbocycles. The molecule has 148 valence electrons. The third kappa shape index (κ3) is 2.72. The minimum Gasteiger partial charge on any atom is -0.398 e. The zero-order valence-corrected chi connectivity index (χ0v) is 17.0. The van der Waals surface area contributed by atoms with Gasteiger partial charge in [-0.25, -0.2) is 0 Å². The molecule has 3 N–H and O–H groups in total. The molecule has 1 aliphatic rings. The van der Waals surface area contributed by atoms with Gasteiger partial charge in [-0.15, -0.1) is 0 Å². The second-order valence-corrected chi connectivity index (χ2v) is 7.89. The third-order valence-corrected chi connectivity index (χ3v) is 5.66. The van der Waals surface area contributed by atoms with E-state index in [-0.39, 0.29) is 11.9 Å². The summed E-state index contributed by atoms with van der Waals surface area (Å²) >= 11 is 0. The molecule has 0 saturated heterocycles. The first kappa shape index (κ1) is 18.3. The molecule has 4 aromatic rings. The van der Waals surface area contributed by atoms with E-state index in [1.165, 1.54) is 0 Å². The highest BCUT2D eigenvalue weighted by molar-refractivity contribution is 6.39. The van der Waals surface area contributed by atoms with Gasteiger partial charge in [0.1, 0.15) is 0 Å². The Morgan fingerprint density at radius 2 is 1.63 bits per heavy atom. The minimum absolute atomic E-state index is 0.00288. The number of rotatable bonds is 3. The number of aromatic nitrogens is 1. The summed E-state index contributed by atoms with van der Waals surface area (Å²) in [4.78, 5) is 19.1. The standard InChI is InChI=1S/C26H23N3O/c1-16(2)29-23-14-8-5-11-19(23)25(26(29)30)24(18-10-4-6-12-20(18)27)22-15-17-9-3-7-13-21(17)28-22/h3-16,28H,27H2,1-2H3/b25-24-. The number of hydrogen-bond acceptors (Lipinski definition) is 2. The number of aromatic amines is 1. The number of anilines is 2. The molecule has 1 aliphatic heterocycles. The second kappa shape index (κ2) is 6.92. The fourth-order valence-electron chi connectivity index (χ4n) is 4.34. The van der Waals surface area contributed by atoms with Crippen LogP contribution in [0.3, 0.4) is 0 Å². The van der Waals surface area contributed by atoms with Gasteiger partial charge >= 0.3 is 0 Å². The number of nitrogens with two attached hydrogens (primary N) is 1. The molecule has 0 aliphatic carbocycles. The van der Waals surface area contributed by atoms with Gasteiger partial charge in [0.05, 0.1) is 11.3 Å². The molecule has 0 atom stereocenters. The lowest BCUT2D eigenvalue weighted by molar-refractivity contribution is -0.113. The molecule has 4 heteroatoms. The number of hydrogen-bond donors (Lipinski definition) is 2. The van der Waals surface area contributed by atoms with E-state index >= 15 is 0 Å². The lowest BCUT2D eigenvalue weighted by Crippen LogP contribution is -2.33. The van der Waals surface area contributed by atoms with Gasteiger partial charge in [-0.1, -0.05) is 54.6 Å². The number of carbonyl (C=O) groups is 1. The number of H-pyrrole nitrogens is 1. The Morgan fingerprint density at radius 1 is 0.933 bits per heavy atom. The van der Waals surface area contributed by atoms with Crippen LogP contribution in [0.25, 0.3) is 22.0 Å². The van der Waals surface area contributed by atoms with Crippen LogP contribution in [0.1, 0.15) is 30.7 Å². The average molecular weight is 393 g/mol. The number of amides is 1. The fraction of sp³-hybridized carbons (Fsp3) is 0.115. The van der Waals surface area contributed by atoms with Crippen molar-refractivity contribution in [2.45, 2.75) is 19.9 Å². The van der Waals surface area contributed by atoms with Gasteiger partial charge in [-0.05, 0) is 38.1 Å². The zero-order chi connectivity index (χ0) is 20.8. The van der Waals surface area contributed by atoms with Crippen molar-refractivity contribution in [3.05, 3.63) is 95.7 Å². The molecule has 0 spiro atoms. The van der Waals surface area contributed by atoms with Gasteiger partial charge in [0, 0.05) is 45.0 Å². The average Bonchev–Trinajstić information content (AvgIpc) is 3.29. The Hall–Kier alpha value is -3.79. The normalized spacial score (nSPS) is 15.2. The second-order valence-electron chi connectivity index (χ2n) is 7.89. The maximum absolute atomic E-state index is 13.7. The van der Waals surface area contributed by atoms with Crippen molar-refractivity contribution in [1.29, 1.82) is 0 Å². The molecule has 5 rings (SSSR count). The van der Waals surface area contributed by atoms with Gasteiger partial charge < -0.3 is 15.6 Å². The number of nitrogen functional groups attached to an aromatic ring is 1. The van der Waals surface area contributed by atoms with Crippen molar-refractivity contribution in [3.8, 4) is 0 Å². The Bertz CT molecular complexity index is 1280. The van der Waals surface area contributed by atoms with Crippen LogP contribution in [0.2, 0.25) is 0 Å². The quantitative estimate of drug-likeness (QED) is 0.358. The summed E-state index contributed by atoms with van der Waals surface area (Å²) in [6.07, 6.45) is 0. The first-order valence-electron chi connectivity index (χ1n) is 10.2. The van der Waals surface area contributed by atoms with E-state index in [9.17, 15) is 4.79 Å². The molecular weight excluding hydrogens is 370 g/mol. The molecule has 0 unspecified atom stereocenters. The predicted molar refractivity (Wildman–Crippen MR) is 124 cm³/mol. The van der Waals surface area contributed by atoms with Crippen LogP contribution in [0.4, 0.5) is 11.4 Å². The van der Waals surface area contributed by atoms with Crippen molar-refractivity contribution >= 4 is 39.3 Å². The highest BCUT2D eigenvalue weighted by Gasteiger charge is 2.37. The van der Waals surface area contributed by atoms with E-state index in [2.05, 4.69) is 17.1 Å².